The maximum absolute atomic E-state index is 12.3. The molecular weight excluding hydrogens is 330 g/mol. The Morgan fingerprint density at radius 2 is 1.85 bits per heavy atom. The van der Waals surface area contributed by atoms with Gasteiger partial charge in [0.05, 0.1) is 12.8 Å². The highest BCUT2D eigenvalue weighted by Gasteiger charge is 2.10. The predicted octanol–water partition coefficient (Wildman–Crippen LogP) is 2.42. The minimum absolute atomic E-state index is 0.193. The van der Waals surface area contributed by atoms with E-state index >= 15 is 0 Å². The molecule has 0 saturated carbocycles. The summed E-state index contributed by atoms with van der Waals surface area (Å²) in [4.78, 5) is 30.5. The van der Waals surface area contributed by atoms with Crippen molar-refractivity contribution in [3.05, 3.63) is 82.4 Å². The molecule has 6 heteroatoms. The van der Waals surface area contributed by atoms with E-state index in [1.54, 1.807) is 13.2 Å². The number of rotatable bonds is 6. The monoisotopic (exact) mass is 349 g/mol. The van der Waals surface area contributed by atoms with E-state index in [4.69, 9.17) is 4.74 Å². The summed E-state index contributed by atoms with van der Waals surface area (Å²) < 4.78 is 5.12. The van der Waals surface area contributed by atoms with Crippen LogP contribution in [0.1, 0.15) is 16.1 Å². The second-order valence-corrected chi connectivity index (χ2v) is 5.71. The minimum Gasteiger partial charge on any atom is -0.497 e. The molecule has 0 radical (unpaired) electrons. The molecule has 0 unspecified atom stereocenters. The van der Waals surface area contributed by atoms with E-state index in [9.17, 15) is 9.59 Å². The third-order valence-corrected chi connectivity index (χ3v) is 3.92. The number of methoxy groups -OCH3 is 1. The minimum atomic E-state index is -0.549. The van der Waals surface area contributed by atoms with Gasteiger partial charge in [-0.2, -0.15) is 4.98 Å². The molecule has 0 bridgehead atoms. The fourth-order valence-electron chi connectivity index (χ4n) is 2.54. The van der Waals surface area contributed by atoms with E-state index < -0.39 is 5.69 Å². The molecule has 2 N–H and O–H groups in total. The Morgan fingerprint density at radius 3 is 2.54 bits per heavy atom. The van der Waals surface area contributed by atoms with Gasteiger partial charge in [0, 0.05) is 12.1 Å². The zero-order chi connectivity index (χ0) is 18.4. The second-order valence-electron chi connectivity index (χ2n) is 5.71. The van der Waals surface area contributed by atoms with E-state index in [1.807, 2.05) is 54.6 Å². The van der Waals surface area contributed by atoms with Gasteiger partial charge in [0.15, 0.2) is 0 Å². The largest absolute Gasteiger partial charge is 0.497 e. The molecular formula is C20H19N3O3. The summed E-state index contributed by atoms with van der Waals surface area (Å²) in [5.74, 6) is 0.454. The molecule has 1 amide bonds. The van der Waals surface area contributed by atoms with Crippen LogP contribution < -0.4 is 15.7 Å². The molecule has 0 aliphatic carbocycles. The van der Waals surface area contributed by atoms with Crippen molar-refractivity contribution >= 4 is 5.91 Å². The maximum Gasteiger partial charge on any atom is 0.346 e. The molecule has 0 spiro atoms. The zero-order valence-corrected chi connectivity index (χ0v) is 14.4. The number of carbonyl (C=O) groups excluding carboxylic acids is 1. The van der Waals surface area contributed by atoms with E-state index in [0.717, 1.165) is 16.9 Å². The number of ether oxygens (including phenoxy) is 1. The summed E-state index contributed by atoms with van der Waals surface area (Å²) in [6, 6.07) is 18.5. The summed E-state index contributed by atoms with van der Waals surface area (Å²) in [6.45, 7) is 0.455. The van der Waals surface area contributed by atoms with E-state index in [1.165, 1.54) is 0 Å². The number of H-pyrrole nitrogens is 1. The van der Waals surface area contributed by atoms with E-state index in [2.05, 4.69) is 15.3 Å². The second kappa shape index (κ2) is 8.11. The number of amides is 1. The number of benzene rings is 2. The third kappa shape index (κ3) is 4.36. The van der Waals surface area contributed by atoms with Gasteiger partial charge in [-0.15, -0.1) is 0 Å². The molecule has 2 aromatic carbocycles. The Balaban J connectivity index is 1.66. The highest BCUT2D eigenvalue weighted by Crippen LogP contribution is 2.15. The van der Waals surface area contributed by atoms with Crippen molar-refractivity contribution in [2.24, 2.45) is 0 Å². The Labute approximate surface area is 150 Å². The zero-order valence-electron chi connectivity index (χ0n) is 14.4. The first-order valence-corrected chi connectivity index (χ1v) is 8.23. The fourth-order valence-corrected chi connectivity index (χ4v) is 2.54. The fraction of sp³-hybridized carbons (Fsp3) is 0.150. The molecule has 1 heterocycles. The molecule has 0 saturated heterocycles. The summed E-state index contributed by atoms with van der Waals surface area (Å²) in [5.41, 5.74) is 1.98. The van der Waals surface area contributed by atoms with Gasteiger partial charge in [-0.25, -0.2) is 4.79 Å². The highest BCUT2D eigenvalue weighted by molar-refractivity contribution is 5.93. The van der Waals surface area contributed by atoms with Crippen molar-refractivity contribution in [1.29, 1.82) is 0 Å². The molecule has 0 aliphatic rings. The van der Waals surface area contributed by atoms with Crippen LogP contribution >= 0.6 is 0 Å². The lowest BCUT2D eigenvalue weighted by molar-refractivity contribution is 0.0948. The molecule has 0 atom stereocenters. The number of carbonyl (C=O) groups is 1. The van der Waals surface area contributed by atoms with Crippen LogP contribution in [0, 0.1) is 0 Å². The quantitative estimate of drug-likeness (QED) is 0.716. The topological polar surface area (TPSA) is 84.1 Å². The lowest BCUT2D eigenvalue weighted by Gasteiger charge is -2.07. The SMILES string of the molecule is COc1ccc(CCNC(=O)c2cc(-c3ccccc3)nc(=O)[nH]2)cc1. The van der Waals surface area contributed by atoms with Crippen LogP contribution in [0.2, 0.25) is 0 Å². The average Bonchev–Trinajstić information content (AvgIpc) is 2.68. The van der Waals surface area contributed by atoms with E-state index in [-0.39, 0.29) is 11.6 Å². The third-order valence-electron chi connectivity index (χ3n) is 3.92. The number of nitrogens with one attached hydrogen (secondary N) is 2. The van der Waals surface area contributed by atoms with Gasteiger partial charge in [0.25, 0.3) is 5.91 Å². The van der Waals surface area contributed by atoms with Crippen LogP contribution in [0.5, 0.6) is 5.75 Å². The van der Waals surface area contributed by atoms with Crippen LogP contribution in [0.4, 0.5) is 0 Å². The summed E-state index contributed by atoms with van der Waals surface area (Å²) in [6.07, 6.45) is 0.677. The van der Waals surface area contributed by atoms with Crippen LogP contribution in [-0.2, 0) is 6.42 Å². The van der Waals surface area contributed by atoms with Crippen molar-refractivity contribution < 1.29 is 9.53 Å². The molecule has 132 valence electrons. The molecule has 3 aromatic rings. The number of nitrogens with zero attached hydrogens (tertiary/aromatic N) is 1. The molecule has 6 nitrogen and oxygen atoms in total. The standard InChI is InChI=1S/C20H19N3O3/c1-26-16-9-7-14(8-10-16)11-12-21-19(24)18-13-17(22-20(25)23-18)15-5-3-2-4-6-15/h2-10,13H,11-12H2,1H3,(H,21,24)(H,22,23,25). The number of aromatic amines is 1. The first-order valence-electron chi connectivity index (χ1n) is 8.23. The first-order chi connectivity index (χ1) is 12.7. The summed E-state index contributed by atoms with van der Waals surface area (Å²) in [7, 11) is 1.62. The van der Waals surface area contributed by atoms with Crippen molar-refractivity contribution in [3.8, 4) is 17.0 Å². The van der Waals surface area contributed by atoms with Crippen LogP contribution in [-0.4, -0.2) is 29.5 Å². The van der Waals surface area contributed by atoms with Gasteiger partial charge in [0.1, 0.15) is 11.4 Å². The van der Waals surface area contributed by atoms with E-state index in [0.29, 0.717) is 18.7 Å². The van der Waals surface area contributed by atoms with Crippen molar-refractivity contribution in [1.82, 2.24) is 15.3 Å². The highest BCUT2D eigenvalue weighted by atomic mass is 16.5. The van der Waals surface area contributed by atoms with Gasteiger partial charge in [-0.1, -0.05) is 42.5 Å². The number of hydrogen-bond donors (Lipinski definition) is 2. The first kappa shape index (κ1) is 17.4. The van der Waals surface area contributed by atoms with Crippen LogP contribution in [0.3, 0.4) is 0 Å². The number of aromatic nitrogens is 2. The van der Waals surface area contributed by atoms with Gasteiger partial charge in [-0.3, -0.25) is 4.79 Å². The molecule has 0 aliphatic heterocycles. The Bertz CT molecular complexity index is 935. The lowest BCUT2D eigenvalue weighted by atomic mass is 10.1. The molecule has 3 rings (SSSR count). The van der Waals surface area contributed by atoms with Gasteiger partial charge >= 0.3 is 5.69 Å². The Kier molecular flexibility index (Phi) is 5.43. The Hall–Kier alpha value is -3.41. The van der Waals surface area contributed by atoms with Crippen LogP contribution in [0.15, 0.2) is 65.5 Å². The Morgan fingerprint density at radius 1 is 1.12 bits per heavy atom. The smallest absolute Gasteiger partial charge is 0.346 e. The molecule has 26 heavy (non-hydrogen) atoms. The number of hydrogen-bond acceptors (Lipinski definition) is 4. The molecule has 1 aromatic heterocycles. The average molecular weight is 349 g/mol. The van der Waals surface area contributed by atoms with Gasteiger partial charge in [0.2, 0.25) is 0 Å². The normalized spacial score (nSPS) is 10.3. The van der Waals surface area contributed by atoms with Crippen molar-refractivity contribution in [2.75, 3.05) is 13.7 Å². The lowest BCUT2D eigenvalue weighted by Crippen LogP contribution is -2.29. The van der Waals surface area contributed by atoms with Crippen molar-refractivity contribution in [2.45, 2.75) is 6.42 Å². The summed E-state index contributed by atoms with van der Waals surface area (Å²) in [5, 5.41) is 2.81. The molecule has 0 fully saturated rings. The van der Waals surface area contributed by atoms with Crippen LogP contribution in [0.25, 0.3) is 11.3 Å². The summed E-state index contributed by atoms with van der Waals surface area (Å²) >= 11 is 0. The maximum atomic E-state index is 12.3. The van der Waals surface area contributed by atoms with Gasteiger partial charge in [-0.05, 0) is 30.2 Å². The van der Waals surface area contributed by atoms with Crippen molar-refractivity contribution in [3.63, 3.8) is 0 Å². The van der Waals surface area contributed by atoms with Gasteiger partial charge < -0.3 is 15.0 Å². The predicted molar refractivity (Wildman–Crippen MR) is 99.3 cm³/mol.